The number of aromatic hydroxyl groups is 1. The summed E-state index contributed by atoms with van der Waals surface area (Å²) in [5.74, 6) is 0.896. The van der Waals surface area contributed by atoms with Gasteiger partial charge in [0.25, 0.3) is 0 Å². The summed E-state index contributed by atoms with van der Waals surface area (Å²) >= 11 is 0. The van der Waals surface area contributed by atoms with Gasteiger partial charge in [-0.2, -0.15) is 0 Å². The van der Waals surface area contributed by atoms with E-state index >= 15 is 0 Å². The molecule has 1 unspecified atom stereocenters. The molecule has 1 atom stereocenters. The molecule has 0 amide bonds. The SMILES string of the molecule is COC(=O)C(C)Oc1cc(O)c(-c2ncnc(-c3ccc(C)cc3C)n2)cc1-c1ncnc(-c2ccc(C)cc2C)n1. The summed E-state index contributed by atoms with van der Waals surface area (Å²) < 4.78 is 10.8. The van der Waals surface area contributed by atoms with Gasteiger partial charge in [0.05, 0.1) is 18.2 Å². The minimum atomic E-state index is -0.965. The fraction of sp³-hybridized carbons (Fsp3) is 0.219. The minimum Gasteiger partial charge on any atom is -0.507 e. The third-order valence-electron chi connectivity index (χ3n) is 6.81. The predicted molar refractivity (Wildman–Crippen MR) is 158 cm³/mol. The molecule has 5 rings (SSSR count). The zero-order chi connectivity index (χ0) is 30.0. The summed E-state index contributed by atoms with van der Waals surface area (Å²) in [7, 11) is 1.28. The van der Waals surface area contributed by atoms with Crippen molar-refractivity contribution in [3.05, 3.63) is 83.4 Å². The summed E-state index contributed by atoms with van der Waals surface area (Å²) in [6.45, 7) is 9.57. The lowest BCUT2D eigenvalue weighted by atomic mass is 10.0. The second-order valence-electron chi connectivity index (χ2n) is 10.1. The van der Waals surface area contributed by atoms with Gasteiger partial charge < -0.3 is 14.6 Å². The van der Waals surface area contributed by atoms with Gasteiger partial charge in [-0.05, 0) is 51.8 Å². The number of ether oxygens (including phenoxy) is 2. The molecule has 0 bridgehead atoms. The number of aromatic nitrogens is 6. The fourth-order valence-electron chi connectivity index (χ4n) is 4.67. The molecule has 1 N–H and O–H groups in total. The number of methoxy groups -OCH3 is 1. The Morgan fingerprint density at radius 2 is 1.17 bits per heavy atom. The Hall–Kier alpha value is -5.25. The van der Waals surface area contributed by atoms with E-state index < -0.39 is 12.1 Å². The smallest absolute Gasteiger partial charge is 0.346 e. The highest BCUT2D eigenvalue weighted by atomic mass is 16.6. The van der Waals surface area contributed by atoms with Crippen LogP contribution in [0.25, 0.3) is 45.6 Å². The molecule has 10 heteroatoms. The Kier molecular flexibility index (Phi) is 7.88. The number of aryl methyl sites for hydroxylation is 4. The van der Waals surface area contributed by atoms with Crippen molar-refractivity contribution in [2.75, 3.05) is 7.11 Å². The van der Waals surface area contributed by atoms with E-state index in [0.29, 0.717) is 22.8 Å². The van der Waals surface area contributed by atoms with Crippen molar-refractivity contribution < 1.29 is 19.4 Å². The average Bonchev–Trinajstić information content (AvgIpc) is 2.97. The first-order chi connectivity index (χ1) is 20.1. The number of carbonyl (C=O) groups is 1. The number of rotatable bonds is 7. The number of esters is 1. The molecule has 0 aliphatic rings. The van der Waals surface area contributed by atoms with Gasteiger partial charge in [0.1, 0.15) is 24.2 Å². The van der Waals surface area contributed by atoms with Crippen molar-refractivity contribution in [3.8, 4) is 57.1 Å². The van der Waals surface area contributed by atoms with Gasteiger partial charge in [-0.1, -0.05) is 47.5 Å². The lowest BCUT2D eigenvalue weighted by molar-refractivity contribution is -0.147. The van der Waals surface area contributed by atoms with E-state index in [1.165, 1.54) is 25.8 Å². The zero-order valence-electron chi connectivity index (χ0n) is 24.2. The van der Waals surface area contributed by atoms with Crippen molar-refractivity contribution >= 4 is 5.97 Å². The fourth-order valence-corrected chi connectivity index (χ4v) is 4.67. The molecule has 42 heavy (non-hydrogen) atoms. The Balaban J connectivity index is 1.65. The summed E-state index contributed by atoms with van der Waals surface area (Å²) in [6.07, 6.45) is 1.85. The van der Waals surface area contributed by atoms with Crippen molar-refractivity contribution in [1.29, 1.82) is 0 Å². The summed E-state index contributed by atoms with van der Waals surface area (Å²) in [6, 6.07) is 15.0. The molecular formula is C32H30N6O4. The van der Waals surface area contributed by atoms with Gasteiger partial charge >= 0.3 is 5.97 Å². The number of carbonyl (C=O) groups excluding carboxylic acids is 1. The van der Waals surface area contributed by atoms with E-state index in [2.05, 4.69) is 37.1 Å². The van der Waals surface area contributed by atoms with Gasteiger partial charge in [-0.25, -0.2) is 34.7 Å². The minimum absolute atomic E-state index is 0.160. The van der Waals surface area contributed by atoms with Crippen LogP contribution in [0.2, 0.25) is 0 Å². The van der Waals surface area contributed by atoms with Crippen LogP contribution in [0.3, 0.4) is 0 Å². The van der Waals surface area contributed by atoms with Crippen LogP contribution in [0, 0.1) is 27.7 Å². The predicted octanol–water partition coefficient (Wildman–Crippen LogP) is 5.60. The van der Waals surface area contributed by atoms with E-state index in [9.17, 15) is 9.90 Å². The molecular weight excluding hydrogens is 532 g/mol. The Morgan fingerprint density at radius 3 is 1.64 bits per heavy atom. The second kappa shape index (κ2) is 11.7. The molecule has 212 valence electrons. The van der Waals surface area contributed by atoms with Gasteiger partial charge in [0.15, 0.2) is 29.4 Å². The summed E-state index contributed by atoms with van der Waals surface area (Å²) in [5, 5.41) is 11.1. The molecule has 0 fully saturated rings. The van der Waals surface area contributed by atoms with Gasteiger partial charge in [-0.15, -0.1) is 0 Å². The number of phenols is 1. The lowest BCUT2D eigenvalue weighted by Gasteiger charge is -2.17. The van der Waals surface area contributed by atoms with E-state index in [0.717, 1.165) is 33.4 Å². The van der Waals surface area contributed by atoms with Gasteiger partial charge in [-0.3, -0.25) is 0 Å². The van der Waals surface area contributed by atoms with Crippen LogP contribution < -0.4 is 4.74 Å². The number of nitrogens with zero attached hydrogens (tertiary/aromatic N) is 6. The topological polar surface area (TPSA) is 133 Å². The van der Waals surface area contributed by atoms with Crippen LogP contribution in [0.15, 0.2) is 61.2 Å². The second-order valence-corrected chi connectivity index (χ2v) is 10.1. The Bertz CT molecular complexity index is 1810. The highest BCUT2D eigenvalue weighted by molar-refractivity contribution is 5.79. The number of phenolic OH excluding ortho intramolecular Hbond substituents is 1. The van der Waals surface area contributed by atoms with Crippen LogP contribution in [0.5, 0.6) is 11.5 Å². The molecule has 5 aromatic rings. The van der Waals surface area contributed by atoms with Crippen LogP contribution >= 0.6 is 0 Å². The summed E-state index contributed by atoms with van der Waals surface area (Å²) in [5.41, 5.74) is 6.70. The molecule has 2 heterocycles. The van der Waals surface area contributed by atoms with E-state index in [4.69, 9.17) is 14.5 Å². The van der Waals surface area contributed by atoms with Gasteiger partial charge in [0.2, 0.25) is 0 Å². The first-order valence-electron chi connectivity index (χ1n) is 13.3. The normalized spacial score (nSPS) is 11.7. The van der Waals surface area contributed by atoms with E-state index in [-0.39, 0.29) is 23.1 Å². The molecule has 0 saturated carbocycles. The Labute approximate surface area is 243 Å². The van der Waals surface area contributed by atoms with Crippen molar-refractivity contribution in [1.82, 2.24) is 29.9 Å². The average molecular weight is 563 g/mol. The Morgan fingerprint density at radius 1 is 0.690 bits per heavy atom. The van der Waals surface area contributed by atoms with Crippen LogP contribution in [0.4, 0.5) is 0 Å². The third kappa shape index (κ3) is 5.78. The molecule has 0 saturated heterocycles. The van der Waals surface area contributed by atoms with Crippen molar-refractivity contribution in [2.24, 2.45) is 0 Å². The monoisotopic (exact) mass is 562 g/mol. The first kappa shape index (κ1) is 28.3. The van der Waals surface area contributed by atoms with Crippen LogP contribution in [0.1, 0.15) is 29.2 Å². The van der Waals surface area contributed by atoms with Gasteiger partial charge in [0, 0.05) is 17.2 Å². The maximum absolute atomic E-state index is 12.2. The molecule has 3 aromatic carbocycles. The molecule has 0 radical (unpaired) electrons. The van der Waals surface area contributed by atoms with Crippen LogP contribution in [-0.4, -0.2) is 54.2 Å². The largest absolute Gasteiger partial charge is 0.507 e. The van der Waals surface area contributed by atoms with Crippen LogP contribution in [-0.2, 0) is 9.53 Å². The molecule has 0 aliphatic carbocycles. The van der Waals surface area contributed by atoms with Crippen molar-refractivity contribution in [3.63, 3.8) is 0 Å². The number of benzene rings is 3. The van der Waals surface area contributed by atoms with E-state index in [1.807, 2.05) is 52.0 Å². The third-order valence-corrected chi connectivity index (χ3v) is 6.81. The zero-order valence-corrected chi connectivity index (χ0v) is 24.2. The number of hydrogen-bond donors (Lipinski definition) is 1. The maximum atomic E-state index is 12.2. The molecule has 0 spiro atoms. The van der Waals surface area contributed by atoms with E-state index in [1.54, 1.807) is 13.0 Å². The summed E-state index contributed by atoms with van der Waals surface area (Å²) in [4.78, 5) is 39.1. The lowest BCUT2D eigenvalue weighted by Crippen LogP contribution is -2.25. The molecule has 2 aromatic heterocycles. The first-order valence-corrected chi connectivity index (χ1v) is 13.3. The highest BCUT2D eigenvalue weighted by Crippen LogP contribution is 2.39. The number of hydrogen-bond acceptors (Lipinski definition) is 10. The maximum Gasteiger partial charge on any atom is 0.346 e. The molecule has 10 nitrogen and oxygen atoms in total. The standard InChI is InChI=1S/C32H30N6O4/c1-17-7-9-22(19(3)11-17)28-33-15-35-30(37-28)24-13-25(27(14-26(24)39)42-21(5)32(40)41-6)31-36-16-34-29(38-31)23-10-8-18(2)12-20(23)4/h7-16,21,39H,1-6H3. The highest BCUT2D eigenvalue weighted by Gasteiger charge is 2.23. The molecule has 0 aliphatic heterocycles. The van der Waals surface area contributed by atoms with Crippen molar-refractivity contribution in [2.45, 2.75) is 40.7 Å². The quantitative estimate of drug-likeness (QED) is 0.250.